The maximum absolute atomic E-state index is 11.6. The molecule has 0 saturated carbocycles. The summed E-state index contributed by atoms with van der Waals surface area (Å²) >= 11 is 5.67. The van der Waals surface area contributed by atoms with Crippen LogP contribution in [0.5, 0.6) is 0 Å². The summed E-state index contributed by atoms with van der Waals surface area (Å²) in [6.45, 7) is 2.25. The Hall–Kier alpha value is -0.850. The van der Waals surface area contributed by atoms with Crippen molar-refractivity contribution in [3.63, 3.8) is 0 Å². The first-order valence-electron chi connectivity index (χ1n) is 4.38. The third kappa shape index (κ3) is 3.05. The second-order valence-electron chi connectivity index (χ2n) is 2.94. The van der Waals surface area contributed by atoms with Crippen LogP contribution in [0.15, 0.2) is 17.2 Å². The van der Waals surface area contributed by atoms with Crippen LogP contribution < -0.4 is 10.5 Å². The minimum Gasteiger partial charge on any atom is -0.382 e. The number of pyridine rings is 1. The van der Waals surface area contributed by atoms with Gasteiger partial charge in [-0.1, -0.05) is 18.5 Å². The molecule has 0 spiro atoms. The average molecular weight is 250 g/mol. The fourth-order valence-electron chi connectivity index (χ4n) is 0.898. The monoisotopic (exact) mass is 249 g/mol. The summed E-state index contributed by atoms with van der Waals surface area (Å²) in [4.78, 5) is 3.70. The van der Waals surface area contributed by atoms with E-state index in [4.69, 9.17) is 17.3 Å². The lowest BCUT2D eigenvalue weighted by Gasteiger charge is -2.05. The van der Waals surface area contributed by atoms with Gasteiger partial charge in [-0.3, -0.25) is 0 Å². The van der Waals surface area contributed by atoms with Crippen LogP contribution in [0.3, 0.4) is 0 Å². The minimum absolute atomic E-state index is 0.0233. The van der Waals surface area contributed by atoms with E-state index in [0.717, 1.165) is 6.42 Å². The number of anilines is 1. The second kappa shape index (κ2) is 4.78. The quantitative estimate of drug-likeness (QED) is 0.834. The molecule has 0 radical (unpaired) electrons. The first kappa shape index (κ1) is 12.2. The molecule has 0 atom stereocenters. The number of nitrogens with zero attached hydrogens (tertiary/aromatic N) is 1. The molecule has 84 valence electrons. The molecule has 1 rings (SSSR count). The highest BCUT2D eigenvalue weighted by molar-refractivity contribution is 7.89. The maximum atomic E-state index is 11.6. The Kier molecular flexibility index (Phi) is 3.90. The highest BCUT2D eigenvalue weighted by atomic mass is 35.5. The molecule has 0 bridgehead atoms. The van der Waals surface area contributed by atoms with E-state index < -0.39 is 10.0 Å². The zero-order valence-corrected chi connectivity index (χ0v) is 9.77. The van der Waals surface area contributed by atoms with Crippen LogP contribution in [0, 0.1) is 0 Å². The molecule has 0 aliphatic heterocycles. The van der Waals surface area contributed by atoms with Gasteiger partial charge in [0.05, 0.1) is 5.02 Å². The Morgan fingerprint density at radius 1 is 1.60 bits per heavy atom. The molecule has 7 heteroatoms. The van der Waals surface area contributed by atoms with E-state index in [1.165, 1.54) is 12.3 Å². The summed E-state index contributed by atoms with van der Waals surface area (Å²) in [6, 6.07) is 1.28. The number of rotatable bonds is 4. The van der Waals surface area contributed by atoms with Gasteiger partial charge in [0.2, 0.25) is 10.0 Å². The lowest BCUT2D eigenvalue weighted by atomic mass is 10.5. The molecular weight excluding hydrogens is 238 g/mol. The molecule has 1 aromatic heterocycles. The minimum atomic E-state index is -3.51. The van der Waals surface area contributed by atoms with Crippen LogP contribution in [0.25, 0.3) is 0 Å². The summed E-state index contributed by atoms with van der Waals surface area (Å²) in [5.74, 6) is 0.117. The van der Waals surface area contributed by atoms with Crippen LogP contribution in [0.1, 0.15) is 13.3 Å². The summed E-state index contributed by atoms with van der Waals surface area (Å²) in [5.41, 5.74) is 5.37. The molecule has 0 aromatic carbocycles. The fourth-order valence-corrected chi connectivity index (χ4v) is 2.23. The first-order valence-corrected chi connectivity index (χ1v) is 6.24. The molecule has 1 aromatic rings. The topological polar surface area (TPSA) is 85.1 Å². The standard InChI is InChI=1S/C8H12ClN3O2S/c1-2-3-12-15(13,14)6-4-7(9)8(10)11-5-6/h4-5,12H,2-3H2,1H3,(H2,10,11). The van der Waals surface area contributed by atoms with Gasteiger partial charge in [0.1, 0.15) is 10.7 Å². The number of hydrogen-bond donors (Lipinski definition) is 2. The van der Waals surface area contributed by atoms with Gasteiger partial charge in [-0.15, -0.1) is 0 Å². The Bertz CT molecular complexity index is 447. The smallest absolute Gasteiger partial charge is 0.242 e. The lowest BCUT2D eigenvalue weighted by Crippen LogP contribution is -2.24. The number of halogens is 1. The Morgan fingerprint density at radius 2 is 2.27 bits per heavy atom. The number of hydrogen-bond acceptors (Lipinski definition) is 4. The molecule has 0 amide bonds. The number of sulfonamides is 1. The van der Waals surface area contributed by atoms with Gasteiger partial charge in [0.25, 0.3) is 0 Å². The third-order valence-corrected chi connectivity index (χ3v) is 3.43. The van der Waals surface area contributed by atoms with E-state index in [1.807, 2.05) is 6.92 Å². The van der Waals surface area contributed by atoms with E-state index >= 15 is 0 Å². The van der Waals surface area contributed by atoms with Crippen molar-refractivity contribution in [2.45, 2.75) is 18.2 Å². The normalized spacial score (nSPS) is 11.6. The van der Waals surface area contributed by atoms with Crippen LogP contribution in [0.4, 0.5) is 5.82 Å². The largest absolute Gasteiger partial charge is 0.382 e. The van der Waals surface area contributed by atoms with Gasteiger partial charge in [-0.05, 0) is 12.5 Å². The molecule has 15 heavy (non-hydrogen) atoms. The van der Waals surface area contributed by atoms with E-state index in [-0.39, 0.29) is 15.7 Å². The van der Waals surface area contributed by atoms with E-state index in [9.17, 15) is 8.42 Å². The predicted molar refractivity (Wildman–Crippen MR) is 59.1 cm³/mol. The van der Waals surface area contributed by atoms with Crippen molar-refractivity contribution < 1.29 is 8.42 Å². The Balaban J connectivity index is 3.00. The van der Waals surface area contributed by atoms with Crippen molar-refractivity contribution in [3.05, 3.63) is 17.3 Å². The number of aromatic nitrogens is 1. The van der Waals surface area contributed by atoms with Gasteiger partial charge < -0.3 is 5.73 Å². The molecule has 0 saturated heterocycles. The molecule has 1 heterocycles. The van der Waals surface area contributed by atoms with Crippen molar-refractivity contribution >= 4 is 27.4 Å². The van der Waals surface area contributed by atoms with Crippen LogP contribution in [-0.4, -0.2) is 19.9 Å². The SMILES string of the molecule is CCCNS(=O)(=O)c1cnc(N)c(Cl)c1. The van der Waals surface area contributed by atoms with Crippen LogP contribution >= 0.6 is 11.6 Å². The molecule has 0 aliphatic rings. The number of nitrogen functional groups attached to an aromatic ring is 1. The highest BCUT2D eigenvalue weighted by Crippen LogP contribution is 2.19. The van der Waals surface area contributed by atoms with E-state index in [0.29, 0.717) is 6.54 Å². The van der Waals surface area contributed by atoms with Gasteiger partial charge in [-0.25, -0.2) is 18.1 Å². The van der Waals surface area contributed by atoms with Gasteiger partial charge >= 0.3 is 0 Å². The fraction of sp³-hybridized carbons (Fsp3) is 0.375. The summed E-state index contributed by atoms with van der Waals surface area (Å²) in [5, 5.41) is 0.134. The van der Waals surface area contributed by atoms with Crippen molar-refractivity contribution in [1.82, 2.24) is 9.71 Å². The summed E-state index contributed by atoms with van der Waals surface area (Å²) in [6.07, 6.45) is 1.90. The van der Waals surface area contributed by atoms with Gasteiger partial charge in [0, 0.05) is 12.7 Å². The van der Waals surface area contributed by atoms with Crippen LogP contribution in [-0.2, 0) is 10.0 Å². The van der Waals surface area contributed by atoms with Crippen LogP contribution in [0.2, 0.25) is 5.02 Å². The van der Waals surface area contributed by atoms with Crippen molar-refractivity contribution in [1.29, 1.82) is 0 Å². The van der Waals surface area contributed by atoms with Gasteiger partial charge in [0.15, 0.2) is 0 Å². The maximum Gasteiger partial charge on any atom is 0.242 e. The highest BCUT2D eigenvalue weighted by Gasteiger charge is 2.14. The predicted octanol–water partition coefficient (Wildman–Crippen LogP) is 1.01. The molecule has 3 N–H and O–H groups in total. The zero-order chi connectivity index (χ0) is 11.5. The number of nitrogens with one attached hydrogen (secondary N) is 1. The Morgan fingerprint density at radius 3 is 2.80 bits per heavy atom. The molecule has 0 unspecified atom stereocenters. The average Bonchev–Trinajstić information content (AvgIpc) is 2.19. The summed E-state index contributed by atoms with van der Waals surface area (Å²) < 4.78 is 25.6. The molecular formula is C8H12ClN3O2S. The lowest BCUT2D eigenvalue weighted by molar-refractivity contribution is 0.580. The van der Waals surface area contributed by atoms with E-state index in [2.05, 4.69) is 9.71 Å². The molecule has 5 nitrogen and oxygen atoms in total. The molecule has 0 fully saturated rings. The molecule has 0 aliphatic carbocycles. The van der Waals surface area contributed by atoms with E-state index in [1.54, 1.807) is 0 Å². The first-order chi connectivity index (χ1) is 6.97. The zero-order valence-electron chi connectivity index (χ0n) is 8.20. The van der Waals surface area contributed by atoms with Crippen molar-refractivity contribution in [2.75, 3.05) is 12.3 Å². The van der Waals surface area contributed by atoms with Crippen molar-refractivity contribution in [2.24, 2.45) is 0 Å². The number of nitrogens with two attached hydrogens (primary N) is 1. The summed E-state index contributed by atoms with van der Waals surface area (Å²) in [7, 11) is -3.51. The third-order valence-electron chi connectivity index (χ3n) is 1.70. The van der Waals surface area contributed by atoms with Crippen molar-refractivity contribution in [3.8, 4) is 0 Å². The Labute approximate surface area is 93.7 Å². The second-order valence-corrected chi connectivity index (χ2v) is 5.11. The van der Waals surface area contributed by atoms with Gasteiger partial charge in [-0.2, -0.15) is 0 Å².